The fourth-order valence-corrected chi connectivity index (χ4v) is 1.88. The van der Waals surface area contributed by atoms with Crippen molar-refractivity contribution in [2.24, 2.45) is 5.73 Å². The minimum absolute atomic E-state index is 0.0397. The largest absolute Gasteiger partial charge is 0.486 e. The van der Waals surface area contributed by atoms with E-state index >= 15 is 0 Å². The molecule has 0 saturated heterocycles. The van der Waals surface area contributed by atoms with Gasteiger partial charge in [-0.1, -0.05) is 42.5 Å². The quantitative estimate of drug-likeness (QED) is 0.887. The molecule has 0 fully saturated rings. The molecule has 0 saturated carbocycles. The van der Waals surface area contributed by atoms with Crippen LogP contribution in [-0.4, -0.2) is 0 Å². The lowest BCUT2D eigenvalue weighted by molar-refractivity contribution is 0.225. The predicted molar refractivity (Wildman–Crippen MR) is 74.6 cm³/mol. The van der Waals surface area contributed by atoms with Crippen molar-refractivity contribution in [1.82, 2.24) is 0 Å². The Bertz CT molecular complexity index is 508. The average molecular weight is 241 g/mol. The molecule has 2 aromatic rings. The van der Waals surface area contributed by atoms with Gasteiger partial charge in [0.2, 0.25) is 0 Å². The molecule has 2 heteroatoms. The topological polar surface area (TPSA) is 35.2 Å². The van der Waals surface area contributed by atoms with E-state index in [-0.39, 0.29) is 6.10 Å². The summed E-state index contributed by atoms with van der Waals surface area (Å²) in [5.41, 5.74) is 9.06. The summed E-state index contributed by atoms with van der Waals surface area (Å²) in [7, 11) is 0. The zero-order valence-corrected chi connectivity index (χ0v) is 10.9. The van der Waals surface area contributed by atoms with Gasteiger partial charge in [-0.3, -0.25) is 0 Å². The number of ether oxygens (including phenoxy) is 1. The molecular formula is C16H19NO. The highest BCUT2D eigenvalue weighted by atomic mass is 16.5. The SMILES string of the molecule is Cc1ccc(CN)cc1OC(C)c1ccccc1. The van der Waals surface area contributed by atoms with Crippen LogP contribution in [-0.2, 0) is 6.54 Å². The number of rotatable bonds is 4. The average Bonchev–Trinajstić information content (AvgIpc) is 2.42. The second-order valence-electron chi connectivity index (χ2n) is 4.47. The summed E-state index contributed by atoms with van der Waals surface area (Å²) < 4.78 is 6.02. The van der Waals surface area contributed by atoms with E-state index in [0.29, 0.717) is 6.54 Å². The van der Waals surface area contributed by atoms with Gasteiger partial charge in [0.15, 0.2) is 0 Å². The van der Waals surface area contributed by atoms with Gasteiger partial charge in [0.1, 0.15) is 11.9 Å². The van der Waals surface area contributed by atoms with Gasteiger partial charge in [0.25, 0.3) is 0 Å². The summed E-state index contributed by atoms with van der Waals surface area (Å²) in [5.74, 6) is 0.911. The summed E-state index contributed by atoms with van der Waals surface area (Å²) in [6.45, 7) is 4.65. The molecule has 2 aromatic carbocycles. The van der Waals surface area contributed by atoms with Crippen molar-refractivity contribution < 1.29 is 4.74 Å². The van der Waals surface area contributed by atoms with Gasteiger partial charge in [0.05, 0.1) is 0 Å². The van der Waals surface area contributed by atoms with E-state index in [1.807, 2.05) is 37.3 Å². The Kier molecular flexibility index (Phi) is 4.00. The maximum absolute atomic E-state index is 6.02. The number of nitrogens with two attached hydrogens (primary N) is 1. The molecular weight excluding hydrogens is 222 g/mol. The highest BCUT2D eigenvalue weighted by Gasteiger charge is 2.08. The first kappa shape index (κ1) is 12.7. The maximum atomic E-state index is 6.02. The van der Waals surface area contributed by atoms with E-state index in [9.17, 15) is 0 Å². The smallest absolute Gasteiger partial charge is 0.123 e. The van der Waals surface area contributed by atoms with Crippen molar-refractivity contribution in [3.8, 4) is 5.75 Å². The molecule has 94 valence electrons. The summed E-state index contributed by atoms with van der Waals surface area (Å²) in [6, 6.07) is 16.3. The van der Waals surface area contributed by atoms with Crippen LogP contribution in [0.3, 0.4) is 0 Å². The van der Waals surface area contributed by atoms with Crippen LogP contribution >= 0.6 is 0 Å². The van der Waals surface area contributed by atoms with Crippen molar-refractivity contribution in [3.63, 3.8) is 0 Å². The second-order valence-corrected chi connectivity index (χ2v) is 4.47. The number of hydrogen-bond acceptors (Lipinski definition) is 2. The van der Waals surface area contributed by atoms with E-state index in [4.69, 9.17) is 10.5 Å². The fraction of sp³-hybridized carbons (Fsp3) is 0.250. The molecule has 0 amide bonds. The molecule has 0 bridgehead atoms. The lowest BCUT2D eigenvalue weighted by Crippen LogP contribution is -2.05. The number of benzene rings is 2. The zero-order valence-electron chi connectivity index (χ0n) is 10.9. The van der Waals surface area contributed by atoms with Gasteiger partial charge in [-0.15, -0.1) is 0 Å². The molecule has 2 nitrogen and oxygen atoms in total. The molecule has 0 radical (unpaired) electrons. The monoisotopic (exact) mass is 241 g/mol. The summed E-state index contributed by atoms with van der Waals surface area (Å²) >= 11 is 0. The van der Waals surface area contributed by atoms with Crippen molar-refractivity contribution in [1.29, 1.82) is 0 Å². The molecule has 1 unspecified atom stereocenters. The molecule has 0 aromatic heterocycles. The third-order valence-corrected chi connectivity index (χ3v) is 3.06. The normalized spacial score (nSPS) is 12.2. The lowest BCUT2D eigenvalue weighted by atomic mass is 10.1. The van der Waals surface area contributed by atoms with Crippen molar-refractivity contribution in [2.75, 3.05) is 0 Å². The Hall–Kier alpha value is -1.80. The summed E-state index contributed by atoms with van der Waals surface area (Å²) in [6.07, 6.45) is 0.0397. The lowest BCUT2D eigenvalue weighted by Gasteiger charge is -2.17. The summed E-state index contributed by atoms with van der Waals surface area (Å²) in [4.78, 5) is 0. The third-order valence-electron chi connectivity index (χ3n) is 3.06. The molecule has 0 aliphatic carbocycles. The summed E-state index contributed by atoms with van der Waals surface area (Å²) in [5, 5.41) is 0. The Balaban J connectivity index is 2.18. The first-order chi connectivity index (χ1) is 8.70. The van der Waals surface area contributed by atoms with Gasteiger partial charge in [-0.2, -0.15) is 0 Å². The standard InChI is InChI=1S/C16H19NO/c1-12-8-9-14(11-17)10-16(12)18-13(2)15-6-4-3-5-7-15/h3-10,13H,11,17H2,1-2H3. The van der Waals surface area contributed by atoms with E-state index < -0.39 is 0 Å². The highest BCUT2D eigenvalue weighted by Crippen LogP contribution is 2.25. The van der Waals surface area contributed by atoms with Gasteiger partial charge in [0, 0.05) is 6.54 Å². The van der Waals surface area contributed by atoms with Crippen LogP contribution in [0.5, 0.6) is 5.75 Å². The van der Waals surface area contributed by atoms with Gasteiger partial charge < -0.3 is 10.5 Å². The number of aryl methyl sites for hydroxylation is 1. The molecule has 0 aliphatic rings. The third kappa shape index (κ3) is 2.90. The molecule has 1 atom stereocenters. The van der Waals surface area contributed by atoms with E-state index in [2.05, 4.69) is 25.1 Å². The maximum Gasteiger partial charge on any atom is 0.123 e. The Morgan fingerprint density at radius 3 is 2.50 bits per heavy atom. The molecule has 18 heavy (non-hydrogen) atoms. The molecule has 0 heterocycles. The Morgan fingerprint density at radius 2 is 1.83 bits per heavy atom. The Morgan fingerprint density at radius 1 is 1.11 bits per heavy atom. The fourth-order valence-electron chi connectivity index (χ4n) is 1.88. The van der Waals surface area contributed by atoms with Crippen LogP contribution in [0.2, 0.25) is 0 Å². The van der Waals surface area contributed by atoms with E-state index in [1.54, 1.807) is 0 Å². The van der Waals surface area contributed by atoms with Gasteiger partial charge in [-0.05, 0) is 36.6 Å². The number of hydrogen-bond donors (Lipinski definition) is 1. The first-order valence-electron chi connectivity index (χ1n) is 6.22. The van der Waals surface area contributed by atoms with Crippen LogP contribution in [0.25, 0.3) is 0 Å². The van der Waals surface area contributed by atoms with Crippen molar-refractivity contribution >= 4 is 0 Å². The van der Waals surface area contributed by atoms with Crippen molar-refractivity contribution in [2.45, 2.75) is 26.5 Å². The molecule has 2 N–H and O–H groups in total. The molecule has 0 aliphatic heterocycles. The van der Waals surface area contributed by atoms with Crippen molar-refractivity contribution in [3.05, 3.63) is 65.2 Å². The van der Waals surface area contributed by atoms with Crippen LogP contribution < -0.4 is 10.5 Å². The highest BCUT2D eigenvalue weighted by molar-refractivity contribution is 5.37. The predicted octanol–water partition coefficient (Wildman–Crippen LogP) is 3.59. The Labute approximate surface area is 108 Å². The first-order valence-corrected chi connectivity index (χ1v) is 6.22. The van der Waals surface area contributed by atoms with Gasteiger partial charge >= 0.3 is 0 Å². The van der Waals surface area contributed by atoms with Crippen LogP contribution in [0.4, 0.5) is 0 Å². The van der Waals surface area contributed by atoms with Gasteiger partial charge in [-0.25, -0.2) is 0 Å². The molecule has 0 spiro atoms. The van der Waals surface area contributed by atoms with Crippen LogP contribution in [0.15, 0.2) is 48.5 Å². The minimum atomic E-state index is 0.0397. The second kappa shape index (κ2) is 5.69. The molecule has 2 rings (SSSR count). The zero-order chi connectivity index (χ0) is 13.0. The van der Waals surface area contributed by atoms with Crippen LogP contribution in [0.1, 0.15) is 29.7 Å². The minimum Gasteiger partial charge on any atom is -0.486 e. The van der Waals surface area contributed by atoms with E-state index in [1.165, 1.54) is 5.56 Å². The van der Waals surface area contributed by atoms with E-state index in [0.717, 1.165) is 16.9 Å². The van der Waals surface area contributed by atoms with Crippen LogP contribution in [0, 0.1) is 6.92 Å².